The molecule has 0 aliphatic carbocycles. The van der Waals surface area contributed by atoms with Gasteiger partial charge in [0.1, 0.15) is 48.8 Å². The molecule has 0 unspecified atom stereocenters. The number of hydrogen-bond donors (Lipinski definition) is 12. The molecule has 2 aromatic heterocycles. The third-order valence-electron chi connectivity index (χ3n) is 19.7. The van der Waals surface area contributed by atoms with E-state index in [9.17, 15) is 120 Å². The van der Waals surface area contributed by atoms with Crippen LogP contribution in [-0.2, 0) is 67.1 Å². The largest absolute Gasteiger partial charge is 0.494 e. The summed E-state index contributed by atoms with van der Waals surface area (Å²) in [4.78, 5) is 209. The average molecular weight is 1680 g/mol. The van der Waals surface area contributed by atoms with Gasteiger partial charge in [0.15, 0.2) is 0 Å². The van der Waals surface area contributed by atoms with Crippen molar-refractivity contribution < 1.29 is 129 Å². The van der Waals surface area contributed by atoms with Gasteiger partial charge in [-0.1, -0.05) is 12.8 Å². The first-order valence-electron chi connectivity index (χ1n) is 38.1. The van der Waals surface area contributed by atoms with Crippen LogP contribution >= 0.6 is 0 Å². The van der Waals surface area contributed by atoms with Crippen molar-refractivity contribution in [3.05, 3.63) is 83.5 Å². The highest BCUT2D eigenvalue weighted by atomic mass is 19.3. The van der Waals surface area contributed by atoms with E-state index >= 15 is 0 Å². The molecule has 0 spiro atoms. The zero-order valence-corrected chi connectivity index (χ0v) is 64.7. The lowest BCUT2D eigenvalue weighted by atomic mass is 9.88. The van der Waals surface area contributed by atoms with E-state index in [-0.39, 0.29) is 102 Å². The van der Waals surface area contributed by atoms with Crippen LogP contribution in [0.3, 0.4) is 0 Å². The fourth-order valence-electron chi connectivity index (χ4n) is 13.8. The van der Waals surface area contributed by atoms with Crippen LogP contribution < -0.4 is 46.7 Å². The summed E-state index contributed by atoms with van der Waals surface area (Å²) in [6, 6.07) is 7.37. The lowest BCUT2D eigenvalue weighted by Gasteiger charge is -2.45. The number of fused-ring (bicyclic) bond motifs is 2. The van der Waals surface area contributed by atoms with Crippen LogP contribution in [0, 0.1) is 17.9 Å². The van der Waals surface area contributed by atoms with E-state index in [2.05, 4.69) is 52.0 Å². The standard InChI is InChI=1S/C76H94F4N16O23/c1-82-59-34-76(79,80)44-96(59)65(103)37-88-70(111)51-21-26-84-55-13-11-49(32-53(51)55)119-30-8-6-24-86-61(99)18-16-58(73(115)116)91-71(112)56(89-62(100)9-3-2-4-22-74(94(40-68(108)109)45-117-46-97)41-92(38-66(104)105)27-28-93(42-74)39-67(106)107)14-19-63(101)90-57(72(113)114)15-17-60(98)85-23-5-7-29-118-48-10-12-54-52(31-48)50(20-25-83-54)69(110)87-36-64(102)95-43-75(77,78)33-47(95)35-81/h10-13,20-21,25-26,31-32,46-47,56-59H,2-9,14-19,22-24,27-30,33-34,36-45H2,(H,85,98)(H,86,99)(H,87,110)(H,88,111)(H,89,100)(H,90,101)(H,91,112)(H,104,105)(H,106,107)(H,108,109)(H,113,114)(H,115,116)/t47-,56-,57+,58+,59-/m0/s1. The summed E-state index contributed by atoms with van der Waals surface area (Å²) in [6.45, 7) is 2.01. The predicted molar refractivity (Wildman–Crippen MR) is 405 cm³/mol. The maximum absolute atomic E-state index is 14.1. The minimum atomic E-state index is -3.25. The third kappa shape index (κ3) is 29.9. The summed E-state index contributed by atoms with van der Waals surface area (Å²) >= 11 is 0. The number of unbranched alkanes of at least 4 members (excludes halogenated alkanes) is 4. The molecule has 39 nitrogen and oxygen atoms in total. The summed E-state index contributed by atoms with van der Waals surface area (Å²) < 4.78 is 72.6. The fraction of sp³-hybridized carbons (Fsp3) is 0.539. The second-order valence-corrected chi connectivity index (χ2v) is 28.7. The molecule has 0 bridgehead atoms. The van der Waals surface area contributed by atoms with Gasteiger partial charge in [-0.15, -0.1) is 0 Å². The highest BCUT2D eigenvalue weighted by molar-refractivity contribution is 6.08. The number of ether oxygens (including phenoxy) is 3. The number of benzene rings is 2. The normalized spacial score (nSPS) is 16.9. The summed E-state index contributed by atoms with van der Waals surface area (Å²) in [6.07, 6.45) is -1.72. The number of likely N-dealkylation sites (tertiary alicyclic amines) is 2. The lowest BCUT2D eigenvalue weighted by molar-refractivity contribution is -0.150. The van der Waals surface area contributed by atoms with Crippen molar-refractivity contribution >= 4 is 111 Å². The molecular weight excluding hydrogens is 1580 g/mol. The topological polar surface area (TPSA) is 539 Å². The van der Waals surface area contributed by atoms with Gasteiger partial charge in [0.05, 0.1) is 92.8 Å². The molecule has 3 fully saturated rings. The van der Waals surface area contributed by atoms with Crippen molar-refractivity contribution in [2.24, 2.45) is 0 Å². The molecule has 3 aliphatic rings. The van der Waals surface area contributed by atoms with Gasteiger partial charge in [-0.25, -0.2) is 33.7 Å². The van der Waals surface area contributed by atoms with E-state index in [1.165, 1.54) is 51.4 Å². The summed E-state index contributed by atoms with van der Waals surface area (Å²) in [5.74, 6) is -20.1. The zero-order valence-electron chi connectivity index (χ0n) is 64.7. The summed E-state index contributed by atoms with van der Waals surface area (Å²) in [5, 5.41) is 76.9. The van der Waals surface area contributed by atoms with Crippen LogP contribution in [0.2, 0.25) is 0 Å². The Balaban J connectivity index is 0.908. The molecule has 43 heteroatoms. The molecule has 0 saturated carbocycles. The maximum Gasteiger partial charge on any atom is 0.326 e. The van der Waals surface area contributed by atoms with Crippen LogP contribution in [-0.4, -0.2) is 302 Å². The molecule has 3 aliphatic heterocycles. The number of carboxylic acid groups (broad SMARTS) is 5. The number of aromatic nitrogens is 2. The molecule has 12 N–H and O–H groups in total. The molecule has 9 amide bonds. The molecule has 3 saturated heterocycles. The van der Waals surface area contributed by atoms with Crippen molar-refractivity contribution in [2.45, 2.75) is 157 Å². The van der Waals surface area contributed by atoms with Gasteiger partial charge in [0.2, 0.25) is 41.4 Å². The number of aliphatic carboxylic acids is 5. The van der Waals surface area contributed by atoms with Crippen molar-refractivity contribution in [3.8, 4) is 17.6 Å². The minimum Gasteiger partial charge on any atom is -0.494 e. The Bertz CT molecular complexity index is 4410. The van der Waals surface area contributed by atoms with Crippen LogP contribution in [0.15, 0.2) is 60.9 Å². The average Bonchev–Trinajstić information content (AvgIpc) is 1.50. The number of hydrogen-bond acceptors (Lipinski definition) is 24. The molecule has 4 aromatic rings. The fourth-order valence-corrected chi connectivity index (χ4v) is 13.8. The first-order chi connectivity index (χ1) is 56.6. The number of carbonyl (C=O) groups is 15. The second-order valence-electron chi connectivity index (χ2n) is 28.7. The minimum absolute atomic E-state index is 0.0426. The van der Waals surface area contributed by atoms with E-state index in [1.54, 1.807) is 30.3 Å². The Labute approximate surface area is 677 Å². The predicted octanol–water partition coefficient (Wildman–Crippen LogP) is 1.32. The molecule has 5 heterocycles. The van der Waals surface area contributed by atoms with Gasteiger partial charge in [-0.3, -0.25) is 96.7 Å². The van der Waals surface area contributed by atoms with Gasteiger partial charge in [0, 0.05) is 94.5 Å². The van der Waals surface area contributed by atoms with Crippen LogP contribution in [0.5, 0.6) is 11.5 Å². The van der Waals surface area contributed by atoms with Crippen molar-refractivity contribution in [2.75, 3.05) is 105 Å². The van der Waals surface area contributed by atoms with Crippen molar-refractivity contribution in [3.63, 3.8) is 0 Å². The number of nitrogens with zero attached hydrogens (tertiary/aromatic N) is 9. The van der Waals surface area contributed by atoms with Crippen molar-refractivity contribution in [1.29, 1.82) is 5.26 Å². The number of carboxylic acids is 5. The van der Waals surface area contributed by atoms with E-state index in [0.29, 0.717) is 59.0 Å². The Morgan fingerprint density at radius 3 is 1.55 bits per heavy atom. The van der Waals surface area contributed by atoms with Gasteiger partial charge < -0.3 is 81.9 Å². The smallest absolute Gasteiger partial charge is 0.326 e. The molecule has 644 valence electrons. The van der Waals surface area contributed by atoms with Crippen LogP contribution in [0.25, 0.3) is 26.7 Å². The number of halogens is 4. The molecule has 119 heavy (non-hydrogen) atoms. The van der Waals surface area contributed by atoms with Gasteiger partial charge in [0.25, 0.3) is 30.1 Å². The number of amides is 9. The third-order valence-corrected chi connectivity index (χ3v) is 19.7. The zero-order chi connectivity index (χ0) is 87.0. The summed E-state index contributed by atoms with van der Waals surface area (Å²) in [7, 11) is 0. The number of carbonyl (C=O) groups excluding carboxylic acids is 10. The number of nitriles is 1. The number of rotatable bonds is 49. The lowest BCUT2D eigenvalue weighted by Crippen LogP contribution is -2.61. The molecule has 2 aromatic carbocycles. The number of nitrogens with one attached hydrogen (secondary N) is 7. The number of pyridine rings is 2. The van der Waals surface area contributed by atoms with E-state index in [0.717, 1.165) is 9.80 Å². The molecule has 5 atom stereocenters. The van der Waals surface area contributed by atoms with Crippen molar-refractivity contribution in [1.82, 2.24) is 71.7 Å². The Hall–Kier alpha value is -12.5. The first kappa shape index (κ1) is 93.6. The highest BCUT2D eigenvalue weighted by Gasteiger charge is 2.51. The maximum atomic E-state index is 14.1. The van der Waals surface area contributed by atoms with E-state index in [4.69, 9.17) is 20.8 Å². The Morgan fingerprint density at radius 2 is 1.06 bits per heavy atom. The number of alkyl halides is 4. The SMILES string of the molecule is [C-]#[N+][C@@H]1CC(F)(F)CN1C(=O)CNC(=O)c1ccnc2ccc(OCCCCNC(=O)CC[C@@H](NC(=O)[C@H](CCC(=O)N[C@H](CCC(=O)NCCCCOc3ccc4nccc(C(=O)NCC(=O)N5CC(F)(F)C[C@H]5C#N)c4c3)C(=O)O)NC(=O)CCCCCC3(N(COC=O)CC(=O)O)CN(CC(=O)O)CCN(CC(=O)O)C3)C(=O)O)cc12. The van der Waals surface area contributed by atoms with Crippen LogP contribution in [0.1, 0.15) is 130 Å². The molecule has 0 radical (unpaired) electrons. The quantitative estimate of drug-likeness (QED) is 0.00975. The summed E-state index contributed by atoms with van der Waals surface area (Å²) in [5.41, 5.74) is -0.414. The van der Waals surface area contributed by atoms with E-state index in [1.807, 2.05) is 0 Å². The second kappa shape index (κ2) is 45.3. The molecule has 7 rings (SSSR count). The van der Waals surface area contributed by atoms with Gasteiger partial charge >= 0.3 is 36.0 Å². The molecular formula is C76H94F4N16O23. The van der Waals surface area contributed by atoms with Crippen LogP contribution in [0.4, 0.5) is 17.6 Å². The first-order valence-corrected chi connectivity index (χ1v) is 38.1. The van der Waals surface area contributed by atoms with Gasteiger partial charge in [-0.2, -0.15) is 5.26 Å². The van der Waals surface area contributed by atoms with E-state index < -0.39 is 235 Å². The highest BCUT2D eigenvalue weighted by Crippen LogP contribution is 2.35. The Kier molecular flexibility index (Phi) is 35.6. The monoisotopic (exact) mass is 1670 g/mol. The van der Waals surface area contributed by atoms with Gasteiger partial charge in [-0.05, 0) is 106 Å². The Morgan fingerprint density at radius 1 is 0.580 bits per heavy atom.